The third kappa shape index (κ3) is 3.72. The molecule has 1 saturated carbocycles. The number of aryl methyl sites for hydroxylation is 1. The molecule has 4 rings (SSSR count). The zero-order chi connectivity index (χ0) is 22.3. The number of ether oxygens (including phenoxy) is 1. The minimum absolute atomic E-state index is 0.209. The minimum atomic E-state index is -2.85. The molecule has 0 radical (unpaired) electrons. The molecule has 0 bridgehead atoms. The number of hydrogen-bond acceptors (Lipinski definition) is 8. The Kier molecular flexibility index (Phi) is 5.57. The molecule has 1 aliphatic heterocycles. The molecule has 31 heavy (non-hydrogen) atoms. The quantitative estimate of drug-likeness (QED) is 0.525. The number of methoxy groups -OCH3 is 1. The van der Waals surface area contributed by atoms with Crippen molar-refractivity contribution >= 4 is 27.5 Å². The Hall–Kier alpha value is -2.78. The van der Waals surface area contributed by atoms with Gasteiger partial charge in [0, 0.05) is 31.4 Å². The zero-order valence-electron chi connectivity index (χ0n) is 17.2. The van der Waals surface area contributed by atoms with E-state index in [1.165, 1.54) is 23.0 Å². The van der Waals surface area contributed by atoms with E-state index in [9.17, 15) is 18.4 Å². The van der Waals surface area contributed by atoms with E-state index in [1.54, 1.807) is 6.92 Å². The SMILES string of the molecule is COCCn1c(=O)n(C2CC(F)(F)C2)c(=O)c2c(C)c(CN3CCN=C3NC#N)sc21. The van der Waals surface area contributed by atoms with Gasteiger partial charge in [-0.1, -0.05) is 0 Å². The van der Waals surface area contributed by atoms with E-state index in [2.05, 4.69) is 10.3 Å². The van der Waals surface area contributed by atoms with Crippen molar-refractivity contribution < 1.29 is 13.5 Å². The second-order valence-electron chi connectivity index (χ2n) is 7.71. The highest BCUT2D eigenvalue weighted by Crippen LogP contribution is 2.44. The lowest BCUT2D eigenvalue weighted by atomic mass is 9.88. The first-order chi connectivity index (χ1) is 14.8. The fourth-order valence-corrected chi connectivity index (χ4v) is 5.38. The van der Waals surface area contributed by atoms with E-state index in [1.807, 2.05) is 11.1 Å². The molecule has 0 spiro atoms. The van der Waals surface area contributed by atoms with Crippen LogP contribution in [0.5, 0.6) is 0 Å². The minimum Gasteiger partial charge on any atom is -0.383 e. The fourth-order valence-electron chi connectivity index (χ4n) is 4.05. The Bertz CT molecular complexity index is 1200. The Morgan fingerprint density at radius 3 is 2.77 bits per heavy atom. The van der Waals surface area contributed by atoms with Crippen LogP contribution < -0.4 is 16.6 Å². The van der Waals surface area contributed by atoms with Crippen LogP contribution in [0.1, 0.15) is 29.3 Å². The van der Waals surface area contributed by atoms with Gasteiger partial charge in [-0.05, 0) is 12.5 Å². The summed E-state index contributed by atoms with van der Waals surface area (Å²) in [4.78, 5) is 33.9. The fraction of sp³-hybridized carbons (Fsp3) is 0.579. The van der Waals surface area contributed by atoms with Crippen molar-refractivity contribution in [1.29, 1.82) is 5.26 Å². The summed E-state index contributed by atoms with van der Waals surface area (Å²) < 4.78 is 34.5. The molecule has 3 heterocycles. The lowest BCUT2D eigenvalue weighted by Crippen LogP contribution is -2.49. The van der Waals surface area contributed by atoms with Crippen molar-refractivity contribution in [2.24, 2.45) is 4.99 Å². The highest BCUT2D eigenvalue weighted by molar-refractivity contribution is 7.18. The van der Waals surface area contributed by atoms with Gasteiger partial charge in [-0.15, -0.1) is 11.3 Å². The lowest BCUT2D eigenvalue weighted by molar-refractivity contribution is -0.106. The largest absolute Gasteiger partial charge is 0.383 e. The third-order valence-corrected chi connectivity index (χ3v) is 7.03. The van der Waals surface area contributed by atoms with Crippen molar-refractivity contribution in [3.8, 4) is 6.19 Å². The molecule has 1 aliphatic carbocycles. The lowest BCUT2D eigenvalue weighted by Gasteiger charge is -2.35. The normalized spacial score (nSPS) is 18.2. The highest BCUT2D eigenvalue weighted by Gasteiger charge is 2.47. The van der Waals surface area contributed by atoms with Gasteiger partial charge in [-0.25, -0.2) is 13.6 Å². The van der Waals surface area contributed by atoms with E-state index in [0.717, 1.165) is 9.44 Å². The molecule has 1 N–H and O–H groups in total. The molecule has 12 heteroatoms. The third-order valence-electron chi connectivity index (χ3n) is 5.73. The summed E-state index contributed by atoms with van der Waals surface area (Å²) in [6.07, 6.45) is 0.837. The molecule has 2 aromatic heterocycles. The molecular formula is C19H22F2N6O3S. The van der Waals surface area contributed by atoms with Gasteiger partial charge in [-0.3, -0.25) is 24.2 Å². The van der Waals surface area contributed by atoms with Gasteiger partial charge in [0.15, 0.2) is 6.19 Å². The first kappa shape index (κ1) is 21.5. The van der Waals surface area contributed by atoms with E-state index < -0.39 is 36.1 Å². The predicted octanol–water partition coefficient (Wildman–Crippen LogP) is 1.39. The number of fused-ring (bicyclic) bond motifs is 1. The monoisotopic (exact) mass is 452 g/mol. The van der Waals surface area contributed by atoms with Crippen LogP contribution in [0.15, 0.2) is 14.6 Å². The van der Waals surface area contributed by atoms with Gasteiger partial charge in [-0.2, -0.15) is 5.26 Å². The van der Waals surface area contributed by atoms with E-state index >= 15 is 0 Å². The molecule has 0 unspecified atom stereocenters. The second kappa shape index (κ2) is 8.05. The molecule has 2 aromatic rings. The van der Waals surface area contributed by atoms with Gasteiger partial charge in [0.05, 0.1) is 37.7 Å². The number of nitrogens with zero attached hydrogens (tertiary/aromatic N) is 5. The van der Waals surface area contributed by atoms with Crippen molar-refractivity contribution in [1.82, 2.24) is 19.4 Å². The summed E-state index contributed by atoms with van der Waals surface area (Å²) in [6.45, 7) is 3.84. The van der Waals surface area contributed by atoms with Gasteiger partial charge < -0.3 is 9.64 Å². The molecule has 0 amide bonds. The van der Waals surface area contributed by atoms with Gasteiger partial charge in [0.25, 0.3) is 11.5 Å². The number of alkyl halides is 2. The molecule has 9 nitrogen and oxygen atoms in total. The number of nitrogens with one attached hydrogen (secondary N) is 1. The summed E-state index contributed by atoms with van der Waals surface area (Å²) in [5, 5.41) is 11.8. The van der Waals surface area contributed by atoms with Gasteiger partial charge in [0.2, 0.25) is 5.96 Å². The van der Waals surface area contributed by atoms with E-state index in [0.29, 0.717) is 41.4 Å². The van der Waals surface area contributed by atoms with Crippen LogP contribution in [-0.4, -0.2) is 52.7 Å². The molecular weight excluding hydrogens is 430 g/mol. The van der Waals surface area contributed by atoms with Gasteiger partial charge >= 0.3 is 5.69 Å². The van der Waals surface area contributed by atoms with Crippen molar-refractivity contribution in [2.75, 3.05) is 26.8 Å². The molecule has 1 fully saturated rings. The van der Waals surface area contributed by atoms with Crippen LogP contribution in [0.4, 0.5) is 8.78 Å². The number of rotatable bonds is 6. The number of aliphatic imine (C=N–C) groups is 1. The predicted molar refractivity (Wildman–Crippen MR) is 112 cm³/mol. The molecule has 0 aromatic carbocycles. The molecule has 0 saturated heterocycles. The topological polar surface area (TPSA) is 105 Å². The zero-order valence-corrected chi connectivity index (χ0v) is 18.0. The summed E-state index contributed by atoms with van der Waals surface area (Å²) in [5.41, 5.74) is -0.406. The van der Waals surface area contributed by atoms with Crippen LogP contribution in [0, 0.1) is 18.4 Å². The molecule has 0 atom stereocenters. The maximum absolute atomic E-state index is 13.5. The van der Waals surface area contributed by atoms with E-state index in [4.69, 9.17) is 10.00 Å². The number of guanidine groups is 1. The average Bonchev–Trinajstić information content (AvgIpc) is 3.25. The Morgan fingerprint density at radius 1 is 1.39 bits per heavy atom. The van der Waals surface area contributed by atoms with Crippen molar-refractivity contribution in [3.05, 3.63) is 31.3 Å². The van der Waals surface area contributed by atoms with Crippen LogP contribution >= 0.6 is 11.3 Å². The Labute approximate surface area is 180 Å². The van der Waals surface area contributed by atoms with Gasteiger partial charge in [0.1, 0.15) is 4.83 Å². The van der Waals surface area contributed by atoms with Crippen LogP contribution in [0.25, 0.3) is 10.2 Å². The van der Waals surface area contributed by atoms with Crippen LogP contribution in [-0.2, 0) is 17.8 Å². The molecule has 2 aliphatic rings. The Morgan fingerprint density at radius 2 is 2.13 bits per heavy atom. The Balaban J connectivity index is 1.81. The second-order valence-corrected chi connectivity index (χ2v) is 8.80. The number of halogens is 2. The number of aromatic nitrogens is 2. The average molecular weight is 452 g/mol. The van der Waals surface area contributed by atoms with Crippen LogP contribution in [0.3, 0.4) is 0 Å². The van der Waals surface area contributed by atoms with Crippen molar-refractivity contribution in [3.63, 3.8) is 0 Å². The van der Waals surface area contributed by atoms with Crippen LogP contribution in [0.2, 0.25) is 0 Å². The summed E-state index contributed by atoms with van der Waals surface area (Å²) >= 11 is 1.32. The highest BCUT2D eigenvalue weighted by atomic mass is 32.1. The summed E-state index contributed by atoms with van der Waals surface area (Å²) in [7, 11) is 1.51. The molecule has 166 valence electrons. The van der Waals surface area contributed by atoms with E-state index in [-0.39, 0.29) is 13.2 Å². The first-order valence-electron chi connectivity index (χ1n) is 9.86. The number of hydrogen-bond donors (Lipinski definition) is 1. The summed E-state index contributed by atoms with van der Waals surface area (Å²) in [5.74, 6) is -2.39. The maximum Gasteiger partial charge on any atom is 0.332 e. The smallest absolute Gasteiger partial charge is 0.332 e. The first-order valence-corrected chi connectivity index (χ1v) is 10.7. The number of nitriles is 1. The standard InChI is InChI=1S/C19H22F2N6O3S/c1-11-13(9-25-4-3-23-17(25)24-10-22)31-16-14(11)15(28)27(12-7-19(20,21)8-12)18(29)26(16)5-6-30-2/h12H,3-9H2,1-2H3,(H,23,24). The van der Waals surface area contributed by atoms with Crippen molar-refractivity contribution in [2.45, 2.75) is 44.8 Å². The maximum atomic E-state index is 13.5. The number of thiophene rings is 1. The summed E-state index contributed by atoms with van der Waals surface area (Å²) in [6, 6.07) is -0.812.